The van der Waals surface area contributed by atoms with Crippen LogP contribution in [0, 0.1) is 0 Å². The Morgan fingerprint density at radius 2 is 0.744 bits per heavy atom. The van der Waals surface area contributed by atoms with Crippen LogP contribution in [0.15, 0.2) is 121 Å². The van der Waals surface area contributed by atoms with Gasteiger partial charge in [-0.1, -0.05) is 121 Å². The SMILES string of the molecule is c1ccc(C(c2ccccc2)C2(OC3(C(c4ccccc4)c4ccccc4)CCCCO3)CCCCO2)cc1. The van der Waals surface area contributed by atoms with Gasteiger partial charge in [-0.15, -0.1) is 0 Å². The van der Waals surface area contributed by atoms with Crippen LogP contribution < -0.4 is 0 Å². The van der Waals surface area contributed by atoms with Crippen molar-refractivity contribution in [3.05, 3.63) is 144 Å². The van der Waals surface area contributed by atoms with Gasteiger partial charge in [-0.2, -0.15) is 0 Å². The van der Waals surface area contributed by atoms with Gasteiger partial charge in [0.15, 0.2) is 11.6 Å². The summed E-state index contributed by atoms with van der Waals surface area (Å²) in [5, 5.41) is 0. The van der Waals surface area contributed by atoms with Crippen molar-refractivity contribution in [1.29, 1.82) is 0 Å². The molecule has 0 aliphatic carbocycles. The maximum absolute atomic E-state index is 7.61. The standard InChI is InChI=1S/C36H38O3/c1-5-17-29(18-6-1)33(30-19-7-2-8-20-30)35(25-13-15-27-37-35)39-36(26-14-16-28-38-36)34(31-21-9-3-10-22-31)32-23-11-4-12-24-32/h1-12,17-24,33-34H,13-16,25-28H2. The van der Waals surface area contributed by atoms with E-state index in [9.17, 15) is 0 Å². The zero-order valence-corrected chi connectivity index (χ0v) is 22.6. The molecule has 6 rings (SSSR count). The molecule has 0 aromatic heterocycles. The van der Waals surface area contributed by atoms with Crippen LogP contribution in [0.3, 0.4) is 0 Å². The number of ether oxygens (including phenoxy) is 3. The van der Waals surface area contributed by atoms with E-state index < -0.39 is 11.6 Å². The van der Waals surface area contributed by atoms with Gasteiger partial charge in [0.25, 0.3) is 0 Å². The highest BCUT2D eigenvalue weighted by Crippen LogP contribution is 2.52. The lowest BCUT2D eigenvalue weighted by Gasteiger charge is -2.52. The van der Waals surface area contributed by atoms with E-state index in [1.54, 1.807) is 0 Å². The van der Waals surface area contributed by atoms with Crippen LogP contribution >= 0.6 is 0 Å². The fourth-order valence-corrected chi connectivity index (χ4v) is 6.59. The Labute approximate surface area is 232 Å². The molecule has 0 N–H and O–H groups in total. The van der Waals surface area contributed by atoms with Crippen LogP contribution in [0.25, 0.3) is 0 Å². The predicted molar refractivity (Wildman–Crippen MR) is 156 cm³/mol. The molecular weight excluding hydrogens is 480 g/mol. The Hall–Kier alpha value is -3.24. The van der Waals surface area contributed by atoms with Crippen LogP contribution in [0.5, 0.6) is 0 Å². The molecule has 4 aromatic carbocycles. The molecule has 2 aliphatic heterocycles. The first-order valence-electron chi connectivity index (χ1n) is 14.5. The summed E-state index contributed by atoms with van der Waals surface area (Å²) in [6.07, 6.45) is 5.79. The van der Waals surface area contributed by atoms with E-state index in [1.165, 1.54) is 22.3 Å². The van der Waals surface area contributed by atoms with E-state index in [0.29, 0.717) is 13.2 Å². The summed E-state index contributed by atoms with van der Waals surface area (Å²) >= 11 is 0. The number of rotatable bonds is 8. The van der Waals surface area contributed by atoms with Crippen molar-refractivity contribution >= 4 is 0 Å². The van der Waals surface area contributed by atoms with Gasteiger partial charge in [0, 0.05) is 12.8 Å². The van der Waals surface area contributed by atoms with Crippen LogP contribution in [0.2, 0.25) is 0 Å². The van der Waals surface area contributed by atoms with E-state index in [0.717, 1.165) is 38.5 Å². The molecule has 2 saturated heterocycles. The quantitative estimate of drug-likeness (QED) is 0.234. The van der Waals surface area contributed by atoms with Gasteiger partial charge in [0.1, 0.15) is 0 Å². The summed E-state index contributed by atoms with van der Waals surface area (Å²) in [5.41, 5.74) is 4.81. The highest BCUT2D eigenvalue weighted by molar-refractivity contribution is 5.38. The zero-order valence-electron chi connectivity index (χ0n) is 22.6. The molecule has 200 valence electrons. The van der Waals surface area contributed by atoms with Gasteiger partial charge < -0.3 is 14.2 Å². The normalized spacial score (nSPS) is 23.6. The molecule has 2 fully saturated rings. The van der Waals surface area contributed by atoms with Crippen molar-refractivity contribution < 1.29 is 14.2 Å². The fraction of sp³-hybridized carbons (Fsp3) is 0.333. The molecular formula is C36H38O3. The third-order valence-corrected chi connectivity index (χ3v) is 8.29. The Balaban J connectivity index is 1.52. The fourth-order valence-electron chi connectivity index (χ4n) is 6.59. The summed E-state index contributed by atoms with van der Waals surface area (Å²) in [5.74, 6) is -1.90. The Morgan fingerprint density at radius 3 is 1.00 bits per heavy atom. The third kappa shape index (κ3) is 5.45. The lowest BCUT2D eigenvalue weighted by atomic mass is 9.77. The van der Waals surface area contributed by atoms with E-state index in [-0.39, 0.29) is 11.8 Å². The molecule has 0 bridgehead atoms. The van der Waals surface area contributed by atoms with Crippen LogP contribution in [0.1, 0.15) is 72.6 Å². The monoisotopic (exact) mass is 518 g/mol. The smallest absolute Gasteiger partial charge is 0.182 e. The third-order valence-electron chi connectivity index (χ3n) is 8.29. The van der Waals surface area contributed by atoms with Crippen molar-refractivity contribution in [1.82, 2.24) is 0 Å². The van der Waals surface area contributed by atoms with Crippen LogP contribution in [0.4, 0.5) is 0 Å². The molecule has 2 unspecified atom stereocenters. The van der Waals surface area contributed by atoms with Crippen molar-refractivity contribution in [3.8, 4) is 0 Å². The molecule has 39 heavy (non-hydrogen) atoms. The van der Waals surface area contributed by atoms with Crippen LogP contribution in [-0.4, -0.2) is 24.8 Å². The minimum atomic E-state index is -0.861. The van der Waals surface area contributed by atoms with Gasteiger partial charge in [-0.3, -0.25) is 0 Å². The number of hydrogen-bond acceptors (Lipinski definition) is 3. The molecule has 0 saturated carbocycles. The van der Waals surface area contributed by atoms with Gasteiger partial charge >= 0.3 is 0 Å². The molecule has 0 radical (unpaired) electrons. The summed E-state index contributed by atoms with van der Waals surface area (Å²) in [7, 11) is 0. The second kappa shape index (κ2) is 11.9. The predicted octanol–water partition coefficient (Wildman–Crippen LogP) is 8.46. The van der Waals surface area contributed by atoms with Crippen molar-refractivity contribution in [2.24, 2.45) is 0 Å². The van der Waals surface area contributed by atoms with E-state index in [2.05, 4.69) is 121 Å². The molecule has 2 heterocycles. The Kier molecular flexibility index (Phi) is 7.92. The Bertz CT molecular complexity index is 1100. The summed E-state index contributed by atoms with van der Waals surface area (Å²) in [6.45, 7) is 1.35. The highest BCUT2D eigenvalue weighted by Gasteiger charge is 2.54. The van der Waals surface area contributed by atoms with E-state index >= 15 is 0 Å². The second-order valence-electron chi connectivity index (χ2n) is 10.8. The molecule has 3 heteroatoms. The maximum Gasteiger partial charge on any atom is 0.182 e. The summed E-state index contributed by atoms with van der Waals surface area (Å²) in [6, 6.07) is 42.9. The van der Waals surface area contributed by atoms with Crippen LogP contribution in [-0.2, 0) is 14.2 Å². The zero-order chi connectivity index (χ0) is 26.4. The average Bonchev–Trinajstić information content (AvgIpc) is 3.00. The lowest BCUT2D eigenvalue weighted by molar-refractivity contribution is -0.385. The molecule has 2 atom stereocenters. The Morgan fingerprint density at radius 1 is 0.436 bits per heavy atom. The molecule has 2 aliphatic rings. The number of benzene rings is 4. The van der Waals surface area contributed by atoms with Gasteiger partial charge in [0.2, 0.25) is 0 Å². The largest absolute Gasteiger partial charge is 0.349 e. The maximum atomic E-state index is 7.61. The minimum absolute atomic E-state index is 0.0881. The van der Waals surface area contributed by atoms with Gasteiger partial charge in [-0.25, -0.2) is 0 Å². The lowest BCUT2D eigenvalue weighted by Crippen LogP contribution is -2.56. The molecule has 3 nitrogen and oxygen atoms in total. The van der Waals surface area contributed by atoms with Gasteiger partial charge in [-0.05, 0) is 47.9 Å². The molecule has 4 aromatic rings. The molecule has 0 amide bonds. The summed E-state index contributed by atoms with van der Waals surface area (Å²) < 4.78 is 21.4. The minimum Gasteiger partial charge on any atom is -0.349 e. The van der Waals surface area contributed by atoms with Crippen molar-refractivity contribution in [2.45, 2.75) is 61.9 Å². The van der Waals surface area contributed by atoms with Gasteiger partial charge in [0.05, 0.1) is 25.0 Å². The average molecular weight is 519 g/mol. The first-order chi connectivity index (χ1) is 19.3. The van der Waals surface area contributed by atoms with Crippen molar-refractivity contribution in [3.63, 3.8) is 0 Å². The van der Waals surface area contributed by atoms with E-state index in [1.807, 2.05) is 0 Å². The topological polar surface area (TPSA) is 27.7 Å². The first kappa shape index (κ1) is 26.0. The molecule has 0 spiro atoms. The summed E-state index contributed by atoms with van der Waals surface area (Å²) in [4.78, 5) is 0. The first-order valence-corrected chi connectivity index (χ1v) is 14.5. The van der Waals surface area contributed by atoms with E-state index in [4.69, 9.17) is 14.2 Å². The van der Waals surface area contributed by atoms with Crippen molar-refractivity contribution in [2.75, 3.05) is 13.2 Å². The number of hydrogen-bond donors (Lipinski definition) is 0. The second-order valence-corrected chi connectivity index (χ2v) is 10.8. The highest BCUT2D eigenvalue weighted by atomic mass is 16.8.